The summed E-state index contributed by atoms with van der Waals surface area (Å²) in [5.41, 5.74) is 0.439. The number of amides is 2. The molecule has 3 saturated heterocycles. The molecule has 0 radical (unpaired) electrons. The smallest absolute Gasteiger partial charge is 0.410 e. The molecule has 3 fully saturated rings. The molecule has 0 saturated carbocycles. The second kappa shape index (κ2) is 6.44. The van der Waals surface area contributed by atoms with Crippen LogP contribution in [0.5, 0.6) is 0 Å². The summed E-state index contributed by atoms with van der Waals surface area (Å²) in [6, 6.07) is 0. The van der Waals surface area contributed by atoms with E-state index in [1.54, 1.807) is 0 Å². The van der Waals surface area contributed by atoms with E-state index in [-0.39, 0.29) is 18.5 Å². The first kappa shape index (κ1) is 15.6. The number of cyclic esters (lactones) is 1. The highest BCUT2D eigenvalue weighted by molar-refractivity contribution is 5.83. The summed E-state index contributed by atoms with van der Waals surface area (Å²) < 4.78 is 4.88. The van der Waals surface area contributed by atoms with Gasteiger partial charge in [0.15, 0.2) is 0 Å². The first-order valence-electron chi connectivity index (χ1n) is 8.46. The fourth-order valence-electron chi connectivity index (χ4n) is 3.95. The summed E-state index contributed by atoms with van der Waals surface area (Å²) in [6.45, 7) is 5.16. The van der Waals surface area contributed by atoms with E-state index in [1.807, 2.05) is 4.90 Å². The normalized spacial score (nSPS) is 26.1. The van der Waals surface area contributed by atoms with E-state index in [0.29, 0.717) is 18.6 Å². The Balaban J connectivity index is 1.50. The van der Waals surface area contributed by atoms with E-state index in [0.717, 1.165) is 25.9 Å². The van der Waals surface area contributed by atoms with Crippen LogP contribution in [-0.4, -0.2) is 79.6 Å². The maximum Gasteiger partial charge on any atom is 0.410 e. The van der Waals surface area contributed by atoms with Gasteiger partial charge in [0.1, 0.15) is 13.2 Å². The van der Waals surface area contributed by atoms with Gasteiger partial charge in [-0.05, 0) is 57.7 Å². The largest absolute Gasteiger partial charge is 0.448 e. The molecule has 0 N–H and O–H groups in total. The van der Waals surface area contributed by atoms with Crippen molar-refractivity contribution in [1.29, 1.82) is 0 Å². The Labute approximate surface area is 132 Å². The Morgan fingerprint density at radius 2 is 1.82 bits per heavy atom. The number of ether oxygens (including phenoxy) is 1. The standard InChI is InChI=1S/C16H27N3O3/c1-17-7-2-3-16(4-8-17)5-9-18(10-6-16)14(20)13-19-11-12-22-15(19)21/h2-13H2,1H3. The number of rotatable bonds is 2. The van der Waals surface area contributed by atoms with Crippen molar-refractivity contribution in [3.63, 3.8) is 0 Å². The second-order valence-electron chi connectivity index (χ2n) is 7.07. The molecule has 22 heavy (non-hydrogen) atoms. The molecule has 3 rings (SSSR count). The predicted octanol–water partition coefficient (Wildman–Crippen LogP) is 1.16. The average molecular weight is 309 g/mol. The quantitative estimate of drug-likeness (QED) is 0.768. The maximum atomic E-state index is 12.4. The van der Waals surface area contributed by atoms with Gasteiger partial charge in [0.25, 0.3) is 0 Å². The lowest BCUT2D eigenvalue weighted by atomic mass is 9.73. The van der Waals surface area contributed by atoms with Gasteiger partial charge >= 0.3 is 6.09 Å². The highest BCUT2D eigenvalue weighted by atomic mass is 16.6. The van der Waals surface area contributed by atoms with Gasteiger partial charge < -0.3 is 14.5 Å². The van der Waals surface area contributed by atoms with Crippen molar-refractivity contribution < 1.29 is 14.3 Å². The topological polar surface area (TPSA) is 53.1 Å². The van der Waals surface area contributed by atoms with Crippen molar-refractivity contribution in [3.8, 4) is 0 Å². The molecular formula is C16H27N3O3. The molecule has 0 aliphatic carbocycles. The highest BCUT2D eigenvalue weighted by Gasteiger charge is 2.37. The summed E-state index contributed by atoms with van der Waals surface area (Å²) in [4.78, 5) is 29.7. The molecule has 6 nitrogen and oxygen atoms in total. The van der Waals surface area contributed by atoms with E-state index in [1.165, 1.54) is 37.3 Å². The van der Waals surface area contributed by atoms with Crippen LogP contribution >= 0.6 is 0 Å². The van der Waals surface area contributed by atoms with Crippen molar-refractivity contribution in [1.82, 2.24) is 14.7 Å². The van der Waals surface area contributed by atoms with Crippen molar-refractivity contribution in [2.45, 2.75) is 32.1 Å². The van der Waals surface area contributed by atoms with E-state index >= 15 is 0 Å². The van der Waals surface area contributed by atoms with Crippen LogP contribution in [0.1, 0.15) is 32.1 Å². The molecule has 0 bridgehead atoms. The molecule has 0 aromatic carbocycles. The third-order valence-electron chi connectivity index (χ3n) is 5.62. The Hall–Kier alpha value is -1.30. The first-order valence-corrected chi connectivity index (χ1v) is 8.46. The van der Waals surface area contributed by atoms with Crippen LogP contribution in [0, 0.1) is 5.41 Å². The third-order valence-corrected chi connectivity index (χ3v) is 5.62. The lowest BCUT2D eigenvalue weighted by Gasteiger charge is -2.41. The molecule has 1 spiro atoms. The number of nitrogens with zero attached hydrogens (tertiary/aromatic N) is 3. The Kier molecular flexibility index (Phi) is 4.57. The van der Waals surface area contributed by atoms with Crippen LogP contribution in [-0.2, 0) is 9.53 Å². The summed E-state index contributed by atoms with van der Waals surface area (Å²) >= 11 is 0. The summed E-state index contributed by atoms with van der Waals surface area (Å²) in [6.07, 6.45) is 5.67. The van der Waals surface area contributed by atoms with E-state index in [4.69, 9.17) is 4.74 Å². The van der Waals surface area contributed by atoms with Crippen LogP contribution in [0.4, 0.5) is 4.79 Å². The Morgan fingerprint density at radius 3 is 2.50 bits per heavy atom. The molecule has 0 atom stereocenters. The molecule has 6 heteroatoms. The Bertz CT molecular complexity index is 432. The fraction of sp³-hybridized carbons (Fsp3) is 0.875. The minimum atomic E-state index is -0.353. The van der Waals surface area contributed by atoms with Crippen LogP contribution in [0.3, 0.4) is 0 Å². The number of hydrogen-bond donors (Lipinski definition) is 0. The molecular weight excluding hydrogens is 282 g/mol. The third kappa shape index (κ3) is 3.37. The van der Waals surface area contributed by atoms with Crippen molar-refractivity contribution >= 4 is 12.0 Å². The zero-order valence-corrected chi connectivity index (χ0v) is 13.6. The maximum absolute atomic E-state index is 12.4. The van der Waals surface area contributed by atoms with Gasteiger partial charge in [0, 0.05) is 13.1 Å². The van der Waals surface area contributed by atoms with Crippen LogP contribution in [0.2, 0.25) is 0 Å². The zero-order chi connectivity index (χ0) is 15.6. The van der Waals surface area contributed by atoms with Crippen molar-refractivity contribution in [2.24, 2.45) is 5.41 Å². The van der Waals surface area contributed by atoms with Crippen LogP contribution < -0.4 is 0 Å². The number of carbonyl (C=O) groups excluding carboxylic acids is 2. The summed E-state index contributed by atoms with van der Waals surface area (Å²) in [5, 5.41) is 0. The molecule has 124 valence electrons. The molecule has 0 unspecified atom stereocenters. The summed E-state index contributed by atoms with van der Waals surface area (Å²) in [7, 11) is 2.20. The average Bonchev–Trinajstić information content (AvgIpc) is 2.82. The molecule has 3 aliphatic rings. The number of piperidine rings is 1. The minimum absolute atomic E-state index is 0.0689. The highest BCUT2D eigenvalue weighted by Crippen LogP contribution is 2.41. The first-order chi connectivity index (χ1) is 10.6. The predicted molar refractivity (Wildman–Crippen MR) is 82.5 cm³/mol. The van der Waals surface area contributed by atoms with Gasteiger partial charge in [-0.3, -0.25) is 9.69 Å². The van der Waals surface area contributed by atoms with Gasteiger partial charge in [-0.1, -0.05) is 0 Å². The lowest BCUT2D eigenvalue weighted by molar-refractivity contribution is -0.134. The zero-order valence-electron chi connectivity index (χ0n) is 13.6. The molecule has 3 heterocycles. The van der Waals surface area contributed by atoms with Gasteiger partial charge in [-0.25, -0.2) is 4.79 Å². The fourth-order valence-corrected chi connectivity index (χ4v) is 3.95. The van der Waals surface area contributed by atoms with Crippen molar-refractivity contribution in [3.05, 3.63) is 0 Å². The van der Waals surface area contributed by atoms with Gasteiger partial charge in [0.2, 0.25) is 5.91 Å². The summed E-state index contributed by atoms with van der Waals surface area (Å²) in [5.74, 6) is 0.0689. The van der Waals surface area contributed by atoms with Crippen LogP contribution in [0.25, 0.3) is 0 Å². The second-order valence-corrected chi connectivity index (χ2v) is 7.07. The number of likely N-dealkylation sites (tertiary alicyclic amines) is 2. The number of hydrogen-bond acceptors (Lipinski definition) is 4. The monoisotopic (exact) mass is 309 g/mol. The van der Waals surface area contributed by atoms with Crippen LogP contribution in [0.15, 0.2) is 0 Å². The van der Waals surface area contributed by atoms with E-state index < -0.39 is 0 Å². The van der Waals surface area contributed by atoms with Crippen molar-refractivity contribution in [2.75, 3.05) is 52.9 Å². The Morgan fingerprint density at radius 1 is 1.09 bits per heavy atom. The van der Waals surface area contributed by atoms with Gasteiger partial charge in [-0.15, -0.1) is 0 Å². The lowest BCUT2D eigenvalue weighted by Crippen LogP contribution is -2.47. The van der Waals surface area contributed by atoms with Gasteiger partial charge in [0.05, 0.1) is 6.54 Å². The van der Waals surface area contributed by atoms with E-state index in [9.17, 15) is 9.59 Å². The molecule has 0 aromatic rings. The van der Waals surface area contributed by atoms with E-state index in [2.05, 4.69) is 11.9 Å². The number of carbonyl (C=O) groups is 2. The molecule has 2 amide bonds. The SMILES string of the molecule is CN1CCCC2(CC1)CCN(C(=O)CN1CCOC1=O)CC2. The molecule has 0 aromatic heterocycles. The van der Waals surface area contributed by atoms with Gasteiger partial charge in [-0.2, -0.15) is 0 Å². The molecule has 3 aliphatic heterocycles. The minimum Gasteiger partial charge on any atom is -0.448 e.